The fraction of sp³-hybridized carbons (Fsp3) is 0. The molecule has 0 saturated heterocycles. The third-order valence-electron chi connectivity index (χ3n) is 3.01. The van der Waals surface area contributed by atoms with E-state index in [1.54, 1.807) is 12.1 Å². The summed E-state index contributed by atoms with van der Waals surface area (Å²) in [5.41, 5.74) is 7.65. The van der Waals surface area contributed by atoms with Crippen LogP contribution in [-0.4, -0.2) is 5.91 Å². The number of carbonyl (C=O) groups is 1. The van der Waals surface area contributed by atoms with E-state index in [0.717, 1.165) is 20.3 Å². The van der Waals surface area contributed by atoms with Crippen LogP contribution in [0.25, 0.3) is 0 Å². The van der Waals surface area contributed by atoms with Crippen LogP contribution in [0.3, 0.4) is 0 Å². The van der Waals surface area contributed by atoms with Gasteiger partial charge in [0, 0.05) is 25.9 Å². The van der Waals surface area contributed by atoms with Gasteiger partial charge in [-0.3, -0.25) is 4.79 Å². The molecule has 0 aliphatic heterocycles. The van der Waals surface area contributed by atoms with Crippen LogP contribution in [0.1, 0.15) is 10.4 Å². The number of hydrogen-bond acceptors (Lipinski definition) is 2. The molecule has 0 bridgehead atoms. The van der Waals surface area contributed by atoms with Gasteiger partial charge in [0.25, 0.3) is 5.91 Å². The lowest BCUT2D eigenvalue weighted by atomic mass is 10.2. The molecule has 3 nitrogen and oxygen atoms in total. The summed E-state index contributed by atoms with van der Waals surface area (Å²) >= 11 is 6.63. The Labute approximate surface area is 158 Å². The predicted octanol–water partition coefficient (Wildman–Crippen LogP) is 5.73. The molecule has 0 aliphatic rings. The molecule has 122 valence electrons. The van der Waals surface area contributed by atoms with Crippen molar-refractivity contribution in [1.82, 2.24) is 0 Å². The van der Waals surface area contributed by atoms with Gasteiger partial charge in [-0.2, -0.15) is 0 Å². The fourth-order valence-electron chi connectivity index (χ4n) is 1.79. The Balaban J connectivity index is 0.000000219. The van der Waals surface area contributed by atoms with Crippen molar-refractivity contribution in [3.05, 3.63) is 93.4 Å². The zero-order chi connectivity index (χ0) is 17.4. The van der Waals surface area contributed by atoms with Crippen LogP contribution in [0.4, 0.5) is 11.4 Å². The summed E-state index contributed by atoms with van der Waals surface area (Å²) in [4.78, 5) is 11.8. The lowest BCUT2D eigenvalue weighted by Gasteiger charge is -2.04. The van der Waals surface area contributed by atoms with E-state index in [0.29, 0.717) is 5.56 Å². The zero-order valence-electron chi connectivity index (χ0n) is 12.7. The number of nitrogens with one attached hydrogen (secondary N) is 1. The van der Waals surface area contributed by atoms with Crippen LogP contribution in [0.2, 0.25) is 0 Å². The molecule has 0 spiro atoms. The van der Waals surface area contributed by atoms with Gasteiger partial charge in [0.2, 0.25) is 0 Å². The Morgan fingerprint density at radius 3 is 1.75 bits per heavy atom. The number of benzene rings is 3. The second kappa shape index (κ2) is 9.25. The number of anilines is 2. The highest BCUT2D eigenvalue weighted by atomic mass is 79.9. The minimum atomic E-state index is -0.0945. The van der Waals surface area contributed by atoms with Crippen LogP contribution >= 0.6 is 31.9 Å². The van der Waals surface area contributed by atoms with Gasteiger partial charge in [0.15, 0.2) is 0 Å². The summed E-state index contributed by atoms with van der Waals surface area (Å²) < 4.78 is 2.05. The second-order valence-electron chi connectivity index (χ2n) is 4.88. The van der Waals surface area contributed by atoms with E-state index in [1.165, 1.54) is 0 Å². The quantitative estimate of drug-likeness (QED) is 0.492. The van der Waals surface area contributed by atoms with Gasteiger partial charge in [-0.25, -0.2) is 0 Å². The number of nitrogen functional groups attached to an aromatic ring is 1. The van der Waals surface area contributed by atoms with Gasteiger partial charge in [-0.1, -0.05) is 50.1 Å². The van der Waals surface area contributed by atoms with E-state index in [4.69, 9.17) is 5.73 Å². The number of halogens is 2. The summed E-state index contributed by atoms with van der Waals surface area (Å²) in [7, 11) is 0. The zero-order valence-corrected chi connectivity index (χ0v) is 15.9. The Bertz CT molecular complexity index is 752. The minimum absolute atomic E-state index is 0.0945. The van der Waals surface area contributed by atoms with Crippen molar-refractivity contribution >= 4 is 49.1 Å². The fourth-order valence-corrected chi connectivity index (χ4v) is 2.32. The molecule has 3 aromatic carbocycles. The first kappa shape index (κ1) is 18.2. The maximum Gasteiger partial charge on any atom is 0.255 e. The van der Waals surface area contributed by atoms with E-state index < -0.39 is 0 Å². The van der Waals surface area contributed by atoms with Gasteiger partial charge < -0.3 is 11.1 Å². The molecule has 0 unspecified atom stereocenters. The van der Waals surface area contributed by atoms with Crippen molar-refractivity contribution in [2.24, 2.45) is 0 Å². The number of hydrogen-bond donors (Lipinski definition) is 2. The molecule has 24 heavy (non-hydrogen) atoms. The highest BCUT2D eigenvalue weighted by Crippen LogP contribution is 2.15. The molecule has 0 aliphatic carbocycles. The average Bonchev–Trinajstić information content (AvgIpc) is 2.61. The minimum Gasteiger partial charge on any atom is -0.399 e. The van der Waals surface area contributed by atoms with Crippen LogP contribution in [-0.2, 0) is 0 Å². The molecule has 0 heterocycles. The van der Waals surface area contributed by atoms with E-state index in [9.17, 15) is 4.79 Å². The van der Waals surface area contributed by atoms with Crippen molar-refractivity contribution in [1.29, 1.82) is 0 Å². The first-order chi connectivity index (χ1) is 11.5. The van der Waals surface area contributed by atoms with Gasteiger partial charge in [-0.15, -0.1) is 0 Å². The van der Waals surface area contributed by atoms with Gasteiger partial charge >= 0.3 is 0 Å². The molecule has 3 aromatic rings. The SMILES string of the molecule is Nc1ccc(Br)cc1.O=C(Nc1ccc(Br)cc1)c1ccccc1. The Morgan fingerprint density at radius 2 is 1.25 bits per heavy atom. The standard InChI is InChI=1S/C13H10BrNO.C6H6BrN/c14-11-6-8-12(9-7-11)15-13(16)10-4-2-1-3-5-10;7-5-1-3-6(8)4-2-5/h1-9H,(H,15,16);1-4H,8H2. The molecule has 0 aromatic heterocycles. The summed E-state index contributed by atoms with van der Waals surface area (Å²) in [6.45, 7) is 0. The number of nitrogens with two attached hydrogens (primary N) is 1. The smallest absolute Gasteiger partial charge is 0.255 e. The van der Waals surface area contributed by atoms with E-state index in [2.05, 4.69) is 37.2 Å². The summed E-state index contributed by atoms with van der Waals surface area (Å²) in [6.07, 6.45) is 0. The third kappa shape index (κ3) is 6.18. The van der Waals surface area contributed by atoms with Crippen LogP contribution < -0.4 is 11.1 Å². The van der Waals surface area contributed by atoms with Crippen LogP contribution in [0.15, 0.2) is 87.8 Å². The van der Waals surface area contributed by atoms with Crippen LogP contribution in [0, 0.1) is 0 Å². The van der Waals surface area contributed by atoms with Crippen molar-refractivity contribution in [2.45, 2.75) is 0 Å². The van der Waals surface area contributed by atoms with Crippen molar-refractivity contribution in [3.63, 3.8) is 0 Å². The normalized spacial score (nSPS) is 9.58. The van der Waals surface area contributed by atoms with Gasteiger partial charge in [0.1, 0.15) is 0 Å². The maximum atomic E-state index is 11.8. The molecular weight excluding hydrogens is 432 g/mol. The summed E-state index contributed by atoms with van der Waals surface area (Å²) in [5, 5.41) is 2.83. The molecule has 3 rings (SSSR count). The molecular formula is C19H16Br2N2O. The first-order valence-electron chi connectivity index (χ1n) is 7.17. The van der Waals surface area contributed by atoms with Crippen molar-refractivity contribution in [3.8, 4) is 0 Å². The summed E-state index contributed by atoms with van der Waals surface area (Å²) in [6, 6.07) is 24.2. The lowest BCUT2D eigenvalue weighted by Crippen LogP contribution is -2.11. The Morgan fingerprint density at radius 1 is 0.750 bits per heavy atom. The monoisotopic (exact) mass is 446 g/mol. The number of rotatable bonds is 2. The Kier molecular flexibility index (Phi) is 7.03. The molecule has 0 atom stereocenters. The van der Waals surface area contributed by atoms with Gasteiger partial charge in [-0.05, 0) is 60.7 Å². The van der Waals surface area contributed by atoms with Crippen molar-refractivity contribution in [2.75, 3.05) is 11.1 Å². The largest absolute Gasteiger partial charge is 0.399 e. The Hall–Kier alpha value is -2.11. The maximum absolute atomic E-state index is 11.8. The predicted molar refractivity (Wildman–Crippen MR) is 107 cm³/mol. The van der Waals surface area contributed by atoms with Crippen molar-refractivity contribution < 1.29 is 4.79 Å². The molecule has 0 fully saturated rings. The summed E-state index contributed by atoms with van der Waals surface area (Å²) in [5.74, 6) is -0.0945. The molecule has 3 N–H and O–H groups in total. The topological polar surface area (TPSA) is 55.1 Å². The molecule has 1 amide bonds. The van der Waals surface area contributed by atoms with E-state index in [1.807, 2.05) is 66.7 Å². The number of amides is 1. The molecule has 5 heteroatoms. The second-order valence-corrected chi connectivity index (χ2v) is 6.71. The third-order valence-corrected chi connectivity index (χ3v) is 4.07. The molecule has 0 radical (unpaired) electrons. The number of carbonyl (C=O) groups excluding carboxylic acids is 1. The highest BCUT2D eigenvalue weighted by Gasteiger charge is 2.04. The van der Waals surface area contributed by atoms with Crippen LogP contribution in [0.5, 0.6) is 0 Å². The average molecular weight is 448 g/mol. The van der Waals surface area contributed by atoms with E-state index in [-0.39, 0.29) is 5.91 Å². The van der Waals surface area contributed by atoms with E-state index >= 15 is 0 Å². The lowest BCUT2D eigenvalue weighted by molar-refractivity contribution is 0.102. The molecule has 0 saturated carbocycles. The van der Waals surface area contributed by atoms with Gasteiger partial charge in [0.05, 0.1) is 0 Å². The highest BCUT2D eigenvalue weighted by molar-refractivity contribution is 9.10. The first-order valence-corrected chi connectivity index (χ1v) is 8.76.